The minimum absolute atomic E-state index is 0.0134. The third-order valence-electron chi connectivity index (χ3n) is 11.7. The van der Waals surface area contributed by atoms with Gasteiger partial charge in [0.1, 0.15) is 29.7 Å². The smallest absolute Gasteiger partial charge is 0.340 e. The van der Waals surface area contributed by atoms with Gasteiger partial charge in [-0.05, 0) is 43.0 Å². The van der Waals surface area contributed by atoms with Gasteiger partial charge in [-0.25, -0.2) is 9.59 Å². The zero-order valence-corrected chi connectivity index (χ0v) is 33.2. The van der Waals surface area contributed by atoms with Gasteiger partial charge in [0.25, 0.3) is 0 Å². The van der Waals surface area contributed by atoms with E-state index in [9.17, 15) is 38.7 Å². The number of aliphatic hydroxyl groups is 1. The minimum atomic E-state index is -2.25. The lowest BCUT2D eigenvalue weighted by molar-refractivity contribution is -0.233. The summed E-state index contributed by atoms with van der Waals surface area (Å²) in [4.78, 5) is 99.2. The molecule has 57 heavy (non-hydrogen) atoms. The quantitative estimate of drug-likeness (QED) is 0.226. The molecular formula is C42H49NO14. The molecule has 11 unspecified atom stereocenters. The second-order valence-corrected chi connectivity index (χ2v) is 15.8. The number of hydrogen-bond acceptors (Lipinski definition) is 15. The van der Waals surface area contributed by atoms with Crippen molar-refractivity contribution in [3.63, 3.8) is 0 Å². The van der Waals surface area contributed by atoms with E-state index in [1.165, 1.54) is 43.6 Å². The fourth-order valence-corrected chi connectivity index (χ4v) is 9.17. The molecule has 15 nitrogen and oxygen atoms in total. The van der Waals surface area contributed by atoms with Crippen LogP contribution in [0, 0.1) is 29.1 Å². The van der Waals surface area contributed by atoms with Crippen molar-refractivity contribution in [1.29, 1.82) is 0 Å². The van der Waals surface area contributed by atoms with Crippen molar-refractivity contribution in [2.45, 2.75) is 110 Å². The summed E-state index contributed by atoms with van der Waals surface area (Å²) >= 11 is 0. The summed E-state index contributed by atoms with van der Waals surface area (Å²) in [7, 11) is 0. The van der Waals surface area contributed by atoms with Crippen molar-refractivity contribution < 1.29 is 67.1 Å². The van der Waals surface area contributed by atoms with Gasteiger partial charge in [0.05, 0.1) is 17.0 Å². The molecule has 15 heteroatoms. The minimum Gasteiger partial charge on any atom is -0.462 e. The van der Waals surface area contributed by atoms with Crippen LogP contribution in [0.3, 0.4) is 0 Å². The number of ketones is 1. The maximum atomic E-state index is 14.8. The second-order valence-electron chi connectivity index (χ2n) is 15.8. The second kappa shape index (κ2) is 16.2. The molecule has 3 aliphatic rings. The number of carbonyl (C=O) groups is 7. The van der Waals surface area contributed by atoms with Gasteiger partial charge in [-0.2, -0.15) is 0 Å². The van der Waals surface area contributed by atoms with Crippen LogP contribution in [0.5, 0.6) is 0 Å². The summed E-state index contributed by atoms with van der Waals surface area (Å²) in [6, 6.07) is 10.7. The largest absolute Gasteiger partial charge is 0.462 e. The first-order valence-electron chi connectivity index (χ1n) is 18.7. The van der Waals surface area contributed by atoms with Crippen LogP contribution in [0.1, 0.15) is 88.9 Å². The molecule has 0 radical (unpaired) electrons. The Morgan fingerprint density at radius 2 is 1.32 bits per heavy atom. The lowest BCUT2D eigenvalue weighted by atomic mass is 9.66. The number of ether oxygens (including phenoxy) is 6. The van der Waals surface area contributed by atoms with Crippen LogP contribution in [0.2, 0.25) is 0 Å². The summed E-state index contributed by atoms with van der Waals surface area (Å²) in [5.74, 6) is -10.6. The summed E-state index contributed by atoms with van der Waals surface area (Å²) in [6.45, 7) is 14.9. The molecule has 11 atom stereocenters. The Morgan fingerprint density at radius 1 is 0.737 bits per heavy atom. The number of pyridine rings is 1. The van der Waals surface area contributed by atoms with Gasteiger partial charge >= 0.3 is 35.8 Å². The van der Waals surface area contributed by atoms with Gasteiger partial charge in [0.15, 0.2) is 17.8 Å². The fraction of sp³-hybridized carbons (Fsp3) is 0.524. The zero-order chi connectivity index (χ0) is 42.2. The first-order chi connectivity index (χ1) is 26.7. The number of benzene rings is 1. The van der Waals surface area contributed by atoms with E-state index in [0.29, 0.717) is 0 Å². The van der Waals surface area contributed by atoms with E-state index in [1.54, 1.807) is 39.0 Å². The predicted molar refractivity (Wildman–Crippen MR) is 198 cm³/mol. The highest BCUT2D eigenvalue weighted by Crippen LogP contribution is 2.62. The molecule has 1 heterocycles. The van der Waals surface area contributed by atoms with Crippen molar-refractivity contribution in [2.75, 3.05) is 0 Å². The molecule has 0 spiro atoms. The average molecular weight is 792 g/mol. The van der Waals surface area contributed by atoms with Crippen LogP contribution in [-0.2, 0) is 52.4 Å². The molecule has 2 aromatic rings. The number of Topliss-reactive ketones (excluding diaryl/α,β-unsaturated/α-hetero) is 1. The van der Waals surface area contributed by atoms with E-state index < -0.39 is 119 Å². The Hall–Kier alpha value is -5.44. The summed E-state index contributed by atoms with van der Waals surface area (Å²) in [5.41, 5.74) is -6.19. The van der Waals surface area contributed by atoms with Crippen LogP contribution in [0.4, 0.5) is 0 Å². The standard InChI is InChI=1S/C42H49NO14/c1-21-18-42(57-27(7)47)31(33(21)52-24(4)44)34(53-25(5)45)22(2)35(54-26(6)46)36(55-38(49)28-14-11-10-12-15-28)37(56-39(50)29-16-13-17-43-20-29)40(8,9)30-19-41(42,51)23(3)32(30)48/h10-17,20-21,23,30-31,33-37,51H,2,18-19H2,1,3-9H3. The normalized spacial score (nSPS) is 33.1. The number of aromatic nitrogens is 1. The van der Waals surface area contributed by atoms with Gasteiger partial charge in [-0.1, -0.05) is 52.5 Å². The monoisotopic (exact) mass is 791 g/mol. The number of esters is 6. The van der Waals surface area contributed by atoms with Crippen LogP contribution >= 0.6 is 0 Å². The van der Waals surface area contributed by atoms with E-state index in [0.717, 1.165) is 27.7 Å². The van der Waals surface area contributed by atoms with Gasteiger partial charge in [0.2, 0.25) is 0 Å². The zero-order valence-electron chi connectivity index (χ0n) is 33.2. The lowest BCUT2D eigenvalue weighted by Gasteiger charge is -2.50. The molecule has 306 valence electrons. The summed E-state index contributed by atoms with van der Waals surface area (Å²) < 4.78 is 36.5. The Labute approximate surface area is 330 Å². The van der Waals surface area contributed by atoms with E-state index in [4.69, 9.17) is 28.4 Å². The highest BCUT2D eigenvalue weighted by atomic mass is 16.6. The third-order valence-corrected chi connectivity index (χ3v) is 11.7. The first-order valence-corrected chi connectivity index (χ1v) is 18.7. The Kier molecular flexibility index (Phi) is 12.1. The molecular weight excluding hydrogens is 742 g/mol. The van der Waals surface area contributed by atoms with E-state index in [2.05, 4.69) is 11.6 Å². The number of hydrogen-bond donors (Lipinski definition) is 1. The first kappa shape index (κ1) is 42.7. The Bertz CT molecular complexity index is 1930. The maximum Gasteiger partial charge on any atom is 0.340 e. The van der Waals surface area contributed by atoms with E-state index in [1.807, 2.05) is 0 Å². The van der Waals surface area contributed by atoms with Crippen molar-refractivity contribution >= 4 is 41.6 Å². The topological polar surface area (TPSA) is 208 Å². The molecule has 1 N–H and O–H groups in total. The summed E-state index contributed by atoms with van der Waals surface area (Å²) in [5, 5.41) is 13.2. The molecule has 3 saturated carbocycles. The van der Waals surface area contributed by atoms with E-state index in [-0.39, 0.29) is 23.1 Å². The Morgan fingerprint density at radius 3 is 1.88 bits per heavy atom. The number of fused-ring (bicyclic) bond motifs is 4. The molecule has 1 aromatic carbocycles. The average Bonchev–Trinajstić information content (AvgIpc) is 3.55. The van der Waals surface area contributed by atoms with Crippen molar-refractivity contribution in [3.05, 3.63) is 78.1 Å². The van der Waals surface area contributed by atoms with Gasteiger partial charge in [-0.3, -0.25) is 29.0 Å². The molecule has 2 bridgehead atoms. The van der Waals surface area contributed by atoms with Crippen LogP contribution in [0.15, 0.2) is 67.0 Å². The van der Waals surface area contributed by atoms with Gasteiger partial charge in [-0.15, -0.1) is 0 Å². The molecule has 0 aliphatic heterocycles. The molecule has 0 saturated heterocycles. The molecule has 1 aromatic heterocycles. The fourth-order valence-electron chi connectivity index (χ4n) is 9.17. The number of carbonyl (C=O) groups excluding carboxylic acids is 7. The van der Waals surface area contributed by atoms with Crippen molar-refractivity contribution in [2.24, 2.45) is 29.1 Å². The van der Waals surface area contributed by atoms with Crippen molar-refractivity contribution in [1.82, 2.24) is 4.98 Å². The highest BCUT2D eigenvalue weighted by molar-refractivity contribution is 5.91. The maximum absolute atomic E-state index is 14.8. The SMILES string of the molecule is C=C1C(OC(C)=O)C(OC(=O)c2ccccc2)C(OC(=O)c2cccnc2)C(C)(C)C2CC(O)(C(C)C2=O)C2(OC(C)=O)CC(C)C(OC(C)=O)C2C1OC(C)=O. The van der Waals surface area contributed by atoms with Crippen LogP contribution in [-0.4, -0.2) is 93.4 Å². The molecule has 3 fully saturated rings. The third kappa shape index (κ3) is 7.94. The predicted octanol–water partition coefficient (Wildman–Crippen LogP) is 4.14. The van der Waals surface area contributed by atoms with Crippen LogP contribution in [0.25, 0.3) is 0 Å². The molecule has 5 rings (SSSR count). The number of rotatable bonds is 8. The van der Waals surface area contributed by atoms with Crippen LogP contribution < -0.4 is 0 Å². The highest BCUT2D eigenvalue weighted by Gasteiger charge is 2.75. The lowest BCUT2D eigenvalue weighted by Crippen LogP contribution is -2.65. The molecule has 0 amide bonds. The van der Waals surface area contributed by atoms with E-state index >= 15 is 0 Å². The summed E-state index contributed by atoms with van der Waals surface area (Å²) in [6.07, 6.45) is -6.25. The Balaban J connectivity index is 1.89. The van der Waals surface area contributed by atoms with Gasteiger partial charge < -0.3 is 33.5 Å². The van der Waals surface area contributed by atoms with Gasteiger partial charge in [0, 0.05) is 62.9 Å². The molecule has 3 aliphatic carbocycles. The number of nitrogens with zero attached hydrogens (tertiary/aromatic N) is 1. The van der Waals surface area contributed by atoms with Crippen molar-refractivity contribution in [3.8, 4) is 0 Å².